The smallest absolute Gasteiger partial charge is 0.339 e. The van der Waals surface area contributed by atoms with E-state index in [9.17, 15) is 22.8 Å². The van der Waals surface area contributed by atoms with Gasteiger partial charge in [-0.25, -0.2) is 0 Å². The largest absolute Gasteiger partial charge is 0.418 e. The molecule has 1 aromatic carbocycles. The molecule has 1 fully saturated rings. The van der Waals surface area contributed by atoms with Crippen LogP contribution in [0.1, 0.15) is 19.4 Å². The summed E-state index contributed by atoms with van der Waals surface area (Å²) in [5.74, 6) is -0.944. The molecule has 8 heteroatoms. The SMILES string of the molecule is CCN1CCN(C(=O)CN(C(C)=O)c2ccccc2C(F)(F)F)CC1. The number of rotatable bonds is 4. The zero-order valence-electron chi connectivity index (χ0n) is 14.3. The Balaban J connectivity index is 2.18. The molecule has 0 aliphatic carbocycles. The number of hydrogen-bond acceptors (Lipinski definition) is 3. The third kappa shape index (κ3) is 4.72. The lowest BCUT2D eigenvalue weighted by atomic mass is 10.1. The summed E-state index contributed by atoms with van der Waals surface area (Å²) in [5.41, 5.74) is -1.21. The monoisotopic (exact) mass is 357 g/mol. The lowest BCUT2D eigenvalue weighted by molar-refractivity contribution is -0.138. The molecule has 0 aromatic heterocycles. The van der Waals surface area contributed by atoms with E-state index in [1.165, 1.54) is 18.2 Å². The molecule has 138 valence electrons. The highest BCUT2D eigenvalue weighted by Crippen LogP contribution is 2.36. The molecule has 1 heterocycles. The number of hydrogen-bond donors (Lipinski definition) is 0. The molecule has 2 amide bonds. The number of alkyl halides is 3. The van der Waals surface area contributed by atoms with Gasteiger partial charge in [0.15, 0.2) is 0 Å². The van der Waals surface area contributed by atoms with Gasteiger partial charge in [-0.05, 0) is 18.7 Å². The van der Waals surface area contributed by atoms with Gasteiger partial charge in [0.2, 0.25) is 11.8 Å². The summed E-state index contributed by atoms with van der Waals surface area (Å²) in [6, 6.07) is 4.81. The van der Waals surface area contributed by atoms with Crippen LogP contribution in [0.15, 0.2) is 24.3 Å². The maximum absolute atomic E-state index is 13.2. The normalized spacial score (nSPS) is 16.0. The molecule has 1 aliphatic heterocycles. The van der Waals surface area contributed by atoms with Crippen LogP contribution in [-0.2, 0) is 15.8 Å². The first kappa shape index (κ1) is 19.2. The second-order valence-corrected chi connectivity index (χ2v) is 5.94. The van der Waals surface area contributed by atoms with Gasteiger partial charge in [-0.15, -0.1) is 0 Å². The average molecular weight is 357 g/mol. The summed E-state index contributed by atoms with van der Waals surface area (Å²) >= 11 is 0. The molecule has 25 heavy (non-hydrogen) atoms. The Morgan fingerprint density at radius 2 is 1.72 bits per heavy atom. The van der Waals surface area contributed by atoms with E-state index in [2.05, 4.69) is 4.90 Å². The van der Waals surface area contributed by atoms with Crippen molar-refractivity contribution in [2.45, 2.75) is 20.0 Å². The van der Waals surface area contributed by atoms with Crippen molar-refractivity contribution in [1.29, 1.82) is 0 Å². The molecule has 1 aliphatic rings. The minimum Gasteiger partial charge on any atom is -0.339 e. The lowest BCUT2D eigenvalue weighted by Gasteiger charge is -2.35. The van der Waals surface area contributed by atoms with Gasteiger partial charge in [0.25, 0.3) is 0 Å². The molecule has 0 radical (unpaired) electrons. The van der Waals surface area contributed by atoms with E-state index >= 15 is 0 Å². The second kappa shape index (κ2) is 7.86. The van der Waals surface area contributed by atoms with Crippen molar-refractivity contribution in [3.05, 3.63) is 29.8 Å². The molecule has 0 atom stereocenters. The van der Waals surface area contributed by atoms with Gasteiger partial charge < -0.3 is 14.7 Å². The van der Waals surface area contributed by atoms with Gasteiger partial charge in [0.1, 0.15) is 6.54 Å². The number of halogens is 3. The van der Waals surface area contributed by atoms with Crippen molar-refractivity contribution >= 4 is 17.5 Å². The van der Waals surface area contributed by atoms with E-state index in [1.807, 2.05) is 6.92 Å². The third-order valence-electron chi connectivity index (χ3n) is 4.35. The quantitative estimate of drug-likeness (QED) is 0.830. The molecule has 0 saturated carbocycles. The zero-order valence-corrected chi connectivity index (χ0v) is 14.3. The predicted octanol–water partition coefficient (Wildman–Crippen LogP) is 2.22. The first-order chi connectivity index (χ1) is 11.7. The van der Waals surface area contributed by atoms with Crippen LogP contribution in [0.25, 0.3) is 0 Å². The van der Waals surface area contributed by atoms with Crippen LogP contribution in [-0.4, -0.2) is 60.9 Å². The fourth-order valence-corrected chi connectivity index (χ4v) is 2.86. The van der Waals surface area contributed by atoms with Crippen LogP contribution in [0.4, 0.5) is 18.9 Å². The van der Waals surface area contributed by atoms with Crippen LogP contribution in [0.3, 0.4) is 0 Å². The number of carbonyl (C=O) groups is 2. The summed E-state index contributed by atoms with van der Waals surface area (Å²) in [5, 5.41) is 0. The first-order valence-electron chi connectivity index (χ1n) is 8.18. The highest BCUT2D eigenvalue weighted by Gasteiger charge is 2.36. The van der Waals surface area contributed by atoms with Crippen LogP contribution < -0.4 is 4.90 Å². The second-order valence-electron chi connectivity index (χ2n) is 5.94. The summed E-state index contributed by atoms with van der Waals surface area (Å²) in [4.78, 5) is 29.1. The molecule has 0 unspecified atom stereocenters. The third-order valence-corrected chi connectivity index (χ3v) is 4.35. The van der Waals surface area contributed by atoms with Crippen LogP contribution in [0.5, 0.6) is 0 Å². The van der Waals surface area contributed by atoms with Crippen LogP contribution >= 0.6 is 0 Å². The van der Waals surface area contributed by atoms with Crippen molar-refractivity contribution in [2.24, 2.45) is 0 Å². The Hall–Kier alpha value is -2.09. The molecule has 0 N–H and O–H groups in total. The van der Waals surface area contributed by atoms with Crippen molar-refractivity contribution in [2.75, 3.05) is 44.2 Å². The molecule has 2 rings (SSSR count). The van der Waals surface area contributed by atoms with Gasteiger partial charge in [-0.2, -0.15) is 13.2 Å². The molecule has 5 nitrogen and oxygen atoms in total. The Morgan fingerprint density at radius 3 is 2.24 bits per heavy atom. The van der Waals surface area contributed by atoms with E-state index in [4.69, 9.17) is 0 Å². The Bertz CT molecular complexity index is 626. The Morgan fingerprint density at radius 1 is 1.12 bits per heavy atom. The number of amides is 2. The summed E-state index contributed by atoms with van der Waals surface area (Å²) in [6.07, 6.45) is -4.60. The van der Waals surface area contributed by atoms with Gasteiger partial charge in [-0.1, -0.05) is 19.1 Å². The summed E-state index contributed by atoms with van der Waals surface area (Å²) in [7, 11) is 0. The number of benzene rings is 1. The highest BCUT2D eigenvalue weighted by atomic mass is 19.4. The fraction of sp³-hybridized carbons (Fsp3) is 0.529. The molecular formula is C17H22F3N3O2. The van der Waals surface area contributed by atoms with Crippen molar-refractivity contribution < 1.29 is 22.8 Å². The average Bonchev–Trinajstić information content (AvgIpc) is 2.58. The van der Waals surface area contributed by atoms with Gasteiger partial charge >= 0.3 is 6.18 Å². The molecule has 0 spiro atoms. The Kier molecular flexibility index (Phi) is 6.05. The number of para-hydroxylation sites is 1. The van der Waals surface area contributed by atoms with E-state index in [0.29, 0.717) is 13.1 Å². The maximum Gasteiger partial charge on any atom is 0.418 e. The lowest BCUT2D eigenvalue weighted by Crippen LogP contribution is -2.51. The Labute approximate surface area is 145 Å². The fourth-order valence-electron chi connectivity index (χ4n) is 2.86. The molecule has 1 saturated heterocycles. The maximum atomic E-state index is 13.2. The van der Waals surface area contributed by atoms with Gasteiger partial charge in [-0.3, -0.25) is 9.59 Å². The standard InChI is InChI=1S/C17H22F3N3O2/c1-3-21-8-10-22(11-9-21)16(25)12-23(13(2)24)15-7-5-4-6-14(15)17(18,19)20/h4-7H,3,8-12H2,1-2H3. The minimum atomic E-state index is -4.60. The number of anilines is 1. The predicted molar refractivity (Wildman–Crippen MR) is 88.2 cm³/mol. The van der Waals surface area contributed by atoms with Crippen molar-refractivity contribution in [3.8, 4) is 0 Å². The topological polar surface area (TPSA) is 43.9 Å². The number of likely N-dealkylation sites (N-methyl/N-ethyl adjacent to an activating group) is 1. The summed E-state index contributed by atoms with van der Waals surface area (Å²) in [6.45, 7) is 6.16. The van der Waals surface area contributed by atoms with E-state index in [0.717, 1.165) is 37.5 Å². The zero-order chi connectivity index (χ0) is 18.6. The van der Waals surface area contributed by atoms with Crippen LogP contribution in [0.2, 0.25) is 0 Å². The number of nitrogens with zero attached hydrogens (tertiary/aromatic N) is 3. The van der Waals surface area contributed by atoms with E-state index < -0.39 is 24.2 Å². The van der Waals surface area contributed by atoms with E-state index in [-0.39, 0.29) is 11.6 Å². The summed E-state index contributed by atoms with van der Waals surface area (Å²) < 4.78 is 39.6. The van der Waals surface area contributed by atoms with Crippen molar-refractivity contribution in [1.82, 2.24) is 9.80 Å². The van der Waals surface area contributed by atoms with Gasteiger partial charge in [0.05, 0.1) is 11.3 Å². The minimum absolute atomic E-state index is 0.289. The van der Waals surface area contributed by atoms with Gasteiger partial charge in [0, 0.05) is 33.1 Å². The molecule has 0 bridgehead atoms. The first-order valence-corrected chi connectivity index (χ1v) is 8.18. The number of piperazine rings is 1. The molecule has 1 aromatic rings. The van der Waals surface area contributed by atoms with E-state index in [1.54, 1.807) is 4.90 Å². The number of carbonyl (C=O) groups excluding carboxylic acids is 2. The highest BCUT2D eigenvalue weighted by molar-refractivity contribution is 5.98. The van der Waals surface area contributed by atoms with Crippen LogP contribution in [0, 0.1) is 0 Å². The molecular weight excluding hydrogens is 335 g/mol. The van der Waals surface area contributed by atoms with Crippen molar-refractivity contribution in [3.63, 3.8) is 0 Å².